The summed E-state index contributed by atoms with van der Waals surface area (Å²) in [6.07, 6.45) is 4.32. The molecule has 0 saturated carbocycles. The number of phenols is 1. The normalized spacial score (nSPS) is 29.1. The van der Waals surface area contributed by atoms with E-state index in [9.17, 15) is 10.2 Å². The van der Waals surface area contributed by atoms with Crippen molar-refractivity contribution in [3.63, 3.8) is 0 Å². The van der Waals surface area contributed by atoms with E-state index < -0.39 is 0 Å². The fraction of sp³-hybridized carbons (Fsp3) is 0.500. The lowest BCUT2D eigenvalue weighted by atomic mass is 9.70. The molecular formula is C16H21NO3. The van der Waals surface area contributed by atoms with Gasteiger partial charge in [-0.15, -0.1) is 0 Å². The first-order chi connectivity index (χ1) is 9.56. The number of ether oxygens (including phenoxy) is 1. The fourth-order valence-corrected chi connectivity index (χ4v) is 3.60. The van der Waals surface area contributed by atoms with Crippen molar-refractivity contribution in [1.82, 2.24) is 4.90 Å². The number of hydrogen-bond donors (Lipinski definition) is 2. The number of fused-ring (bicyclic) bond motifs is 1. The van der Waals surface area contributed by atoms with Crippen LogP contribution in [0.2, 0.25) is 0 Å². The summed E-state index contributed by atoms with van der Waals surface area (Å²) < 4.78 is 5.12. The first-order valence-electron chi connectivity index (χ1n) is 7.06. The second-order valence-electron chi connectivity index (χ2n) is 5.80. The maximum Gasteiger partial charge on any atom is 0.160 e. The summed E-state index contributed by atoms with van der Waals surface area (Å²) in [6, 6.07) is 5.66. The molecule has 0 bridgehead atoms. The molecule has 20 heavy (non-hydrogen) atoms. The molecule has 2 N–H and O–H groups in total. The van der Waals surface area contributed by atoms with Crippen LogP contribution in [-0.2, 0) is 5.41 Å². The van der Waals surface area contributed by atoms with Crippen molar-refractivity contribution < 1.29 is 14.9 Å². The van der Waals surface area contributed by atoms with Crippen LogP contribution in [0.1, 0.15) is 24.8 Å². The second-order valence-corrected chi connectivity index (χ2v) is 5.80. The number of likely N-dealkylation sites (tertiary alicyclic amines) is 1. The Kier molecular flexibility index (Phi) is 3.13. The molecule has 0 spiro atoms. The average Bonchev–Trinajstić information content (AvgIpc) is 2.77. The molecule has 4 heteroatoms. The molecule has 1 aliphatic heterocycles. The highest BCUT2D eigenvalue weighted by atomic mass is 16.5. The van der Waals surface area contributed by atoms with Gasteiger partial charge in [-0.05, 0) is 43.0 Å². The van der Waals surface area contributed by atoms with Crippen LogP contribution in [0.5, 0.6) is 11.5 Å². The van der Waals surface area contributed by atoms with Crippen LogP contribution >= 0.6 is 0 Å². The van der Waals surface area contributed by atoms with Gasteiger partial charge >= 0.3 is 0 Å². The Bertz CT molecular complexity index is 555. The Labute approximate surface area is 119 Å². The molecule has 0 amide bonds. The van der Waals surface area contributed by atoms with E-state index in [1.807, 2.05) is 24.3 Å². The molecule has 1 unspecified atom stereocenters. The molecule has 108 valence electrons. The highest BCUT2D eigenvalue weighted by molar-refractivity contribution is 5.48. The summed E-state index contributed by atoms with van der Waals surface area (Å²) >= 11 is 0. The van der Waals surface area contributed by atoms with Gasteiger partial charge in [0, 0.05) is 24.7 Å². The number of aromatic hydroxyl groups is 1. The van der Waals surface area contributed by atoms with Crippen molar-refractivity contribution in [2.24, 2.45) is 0 Å². The predicted octanol–water partition coefficient (Wildman–Crippen LogP) is 2.01. The molecule has 2 atom stereocenters. The van der Waals surface area contributed by atoms with Gasteiger partial charge in [0.25, 0.3) is 0 Å². The first-order valence-corrected chi connectivity index (χ1v) is 7.06. The second kappa shape index (κ2) is 4.70. The minimum absolute atomic E-state index is 0.0717. The molecule has 1 fully saturated rings. The monoisotopic (exact) mass is 275 g/mol. The van der Waals surface area contributed by atoms with Crippen molar-refractivity contribution in [3.05, 3.63) is 35.5 Å². The molecule has 1 saturated heterocycles. The van der Waals surface area contributed by atoms with Crippen molar-refractivity contribution in [3.8, 4) is 11.5 Å². The SMILES string of the molecule is COc1ccc([C@@]23CCC(O)C=C2N(C)CC3)cc1O. The molecule has 1 aromatic rings. The van der Waals surface area contributed by atoms with E-state index >= 15 is 0 Å². The number of phenolic OH excluding ortho intramolecular Hbond substituents is 1. The Morgan fingerprint density at radius 1 is 1.35 bits per heavy atom. The highest BCUT2D eigenvalue weighted by Gasteiger charge is 2.45. The van der Waals surface area contributed by atoms with Crippen LogP contribution in [0.25, 0.3) is 0 Å². The molecule has 1 aromatic carbocycles. The van der Waals surface area contributed by atoms with E-state index in [-0.39, 0.29) is 17.3 Å². The van der Waals surface area contributed by atoms with Crippen molar-refractivity contribution in [1.29, 1.82) is 0 Å². The molecular weight excluding hydrogens is 254 g/mol. The van der Waals surface area contributed by atoms with Gasteiger partial charge in [0.05, 0.1) is 13.2 Å². The smallest absolute Gasteiger partial charge is 0.160 e. The van der Waals surface area contributed by atoms with Gasteiger partial charge in [0.1, 0.15) is 0 Å². The van der Waals surface area contributed by atoms with Gasteiger partial charge in [0.15, 0.2) is 11.5 Å². The molecule has 1 aliphatic carbocycles. The maximum atomic E-state index is 10.0. The van der Waals surface area contributed by atoms with Gasteiger partial charge in [-0.1, -0.05) is 6.07 Å². The number of benzene rings is 1. The highest BCUT2D eigenvalue weighted by Crippen LogP contribution is 2.49. The zero-order chi connectivity index (χ0) is 14.3. The third-order valence-corrected chi connectivity index (χ3v) is 4.72. The van der Waals surface area contributed by atoms with Gasteiger partial charge in [0.2, 0.25) is 0 Å². The molecule has 4 nitrogen and oxygen atoms in total. The van der Waals surface area contributed by atoms with Crippen LogP contribution < -0.4 is 4.74 Å². The number of aliphatic hydroxyl groups excluding tert-OH is 1. The number of hydrogen-bond acceptors (Lipinski definition) is 4. The van der Waals surface area contributed by atoms with Crippen LogP contribution in [0.4, 0.5) is 0 Å². The third-order valence-electron chi connectivity index (χ3n) is 4.72. The topological polar surface area (TPSA) is 52.9 Å². The number of allylic oxidation sites excluding steroid dienone is 1. The van der Waals surface area contributed by atoms with E-state index in [2.05, 4.69) is 11.9 Å². The van der Waals surface area contributed by atoms with Crippen molar-refractivity contribution >= 4 is 0 Å². The number of likely N-dealkylation sites (N-methyl/N-ethyl adjacent to an activating group) is 1. The summed E-state index contributed by atoms with van der Waals surface area (Å²) in [4.78, 5) is 2.21. The fourth-order valence-electron chi connectivity index (χ4n) is 3.60. The Hall–Kier alpha value is -1.68. The lowest BCUT2D eigenvalue weighted by Gasteiger charge is -2.37. The van der Waals surface area contributed by atoms with Crippen LogP contribution in [0.3, 0.4) is 0 Å². The van der Waals surface area contributed by atoms with E-state index in [1.165, 1.54) is 5.70 Å². The number of rotatable bonds is 2. The summed E-state index contributed by atoms with van der Waals surface area (Å²) in [6.45, 7) is 0.978. The number of nitrogens with zero attached hydrogens (tertiary/aromatic N) is 1. The molecule has 0 radical (unpaired) electrons. The van der Waals surface area contributed by atoms with E-state index in [1.54, 1.807) is 7.11 Å². The lowest BCUT2D eigenvalue weighted by Crippen LogP contribution is -2.33. The summed E-state index contributed by atoms with van der Waals surface area (Å²) in [5.41, 5.74) is 2.22. The molecule has 3 rings (SSSR count). The van der Waals surface area contributed by atoms with Crippen LogP contribution in [0, 0.1) is 0 Å². The van der Waals surface area contributed by atoms with E-state index in [0.717, 1.165) is 31.4 Å². The molecule has 0 aromatic heterocycles. The Morgan fingerprint density at radius 3 is 2.85 bits per heavy atom. The molecule has 1 heterocycles. The van der Waals surface area contributed by atoms with Gasteiger partial charge in [-0.25, -0.2) is 0 Å². The molecule has 2 aliphatic rings. The van der Waals surface area contributed by atoms with Crippen LogP contribution in [0.15, 0.2) is 30.0 Å². The minimum atomic E-state index is -0.356. The van der Waals surface area contributed by atoms with Crippen molar-refractivity contribution in [2.75, 3.05) is 20.7 Å². The largest absolute Gasteiger partial charge is 0.504 e. The Balaban J connectivity index is 2.07. The van der Waals surface area contributed by atoms with Crippen LogP contribution in [-0.4, -0.2) is 41.9 Å². The quantitative estimate of drug-likeness (QED) is 0.867. The minimum Gasteiger partial charge on any atom is -0.504 e. The van der Waals surface area contributed by atoms with E-state index in [4.69, 9.17) is 4.74 Å². The third kappa shape index (κ3) is 1.86. The summed E-state index contributed by atoms with van der Waals surface area (Å²) in [5.74, 6) is 0.678. The van der Waals surface area contributed by atoms with E-state index in [0.29, 0.717) is 5.75 Å². The Morgan fingerprint density at radius 2 is 2.15 bits per heavy atom. The van der Waals surface area contributed by atoms with Gasteiger partial charge in [-0.3, -0.25) is 0 Å². The van der Waals surface area contributed by atoms with Crippen molar-refractivity contribution in [2.45, 2.75) is 30.8 Å². The van der Waals surface area contributed by atoms with Gasteiger partial charge < -0.3 is 19.8 Å². The standard InChI is InChI=1S/C16H21NO3/c1-17-8-7-16(6-5-12(18)10-15(16)17)11-3-4-14(20-2)13(19)9-11/h3-4,9-10,12,18-19H,5-8H2,1-2H3/t12?,16-/m0/s1. The maximum absolute atomic E-state index is 10.0. The number of aliphatic hydroxyl groups is 1. The van der Waals surface area contributed by atoms with Gasteiger partial charge in [-0.2, -0.15) is 0 Å². The zero-order valence-electron chi connectivity index (χ0n) is 12.0. The first kappa shape index (κ1) is 13.3. The predicted molar refractivity (Wildman–Crippen MR) is 76.9 cm³/mol. The summed E-state index contributed by atoms with van der Waals surface area (Å²) in [5, 5.41) is 19.9. The zero-order valence-corrected chi connectivity index (χ0v) is 12.0. The lowest BCUT2D eigenvalue weighted by molar-refractivity contribution is 0.181. The number of methoxy groups -OCH3 is 1. The summed E-state index contributed by atoms with van der Waals surface area (Å²) in [7, 11) is 3.62. The average molecular weight is 275 g/mol.